The summed E-state index contributed by atoms with van der Waals surface area (Å²) in [5.74, 6) is 1.26. The largest absolute Gasteiger partial charge is 0.497 e. The first kappa shape index (κ1) is 16.1. The third-order valence-corrected chi connectivity index (χ3v) is 3.09. The zero-order valence-electron chi connectivity index (χ0n) is 12.6. The molecule has 3 N–H and O–H groups in total. The van der Waals surface area contributed by atoms with Crippen molar-refractivity contribution < 1.29 is 13.9 Å². The second-order valence-corrected chi connectivity index (χ2v) is 4.48. The van der Waals surface area contributed by atoms with Crippen molar-refractivity contribution in [2.45, 2.75) is 0 Å². The molecule has 0 aliphatic heterocycles. The molecule has 3 aromatic rings. The predicted octanol–water partition coefficient (Wildman–Crippen LogP) is 2.86. The van der Waals surface area contributed by atoms with Crippen LogP contribution < -0.4 is 15.2 Å². The highest BCUT2D eigenvalue weighted by atomic mass is 19.1. The lowest BCUT2D eigenvalue weighted by atomic mass is 10.2. The average Bonchev–Trinajstić information content (AvgIpc) is 2.96. The molecule has 0 unspecified atom stereocenters. The molecule has 1 heterocycles. The molecule has 0 bridgehead atoms. The summed E-state index contributed by atoms with van der Waals surface area (Å²) >= 11 is 0. The van der Waals surface area contributed by atoms with Crippen molar-refractivity contribution in [1.82, 2.24) is 10.2 Å². The van der Waals surface area contributed by atoms with Crippen molar-refractivity contribution in [3.05, 3.63) is 47.8 Å². The number of hydrogen-bond donors (Lipinski definition) is 2. The number of nitrogens with zero attached hydrogens (tertiary/aromatic N) is 2. The fourth-order valence-corrected chi connectivity index (χ4v) is 1.86. The molecule has 0 saturated heterocycles. The van der Waals surface area contributed by atoms with E-state index in [-0.39, 0.29) is 5.56 Å². The molecule has 6 nitrogen and oxygen atoms in total. The highest BCUT2D eigenvalue weighted by Gasteiger charge is 2.02. The number of aromatic nitrogens is 2. The second kappa shape index (κ2) is 7.13. The van der Waals surface area contributed by atoms with Gasteiger partial charge >= 0.3 is 0 Å². The summed E-state index contributed by atoms with van der Waals surface area (Å²) in [5, 5.41) is 16.0. The van der Waals surface area contributed by atoms with Crippen LogP contribution in [0.15, 0.2) is 36.4 Å². The monoisotopic (exact) mass is 314 g/mol. The van der Waals surface area contributed by atoms with Crippen LogP contribution in [0.25, 0.3) is 10.9 Å². The Kier molecular flexibility index (Phi) is 5.00. The van der Waals surface area contributed by atoms with Crippen LogP contribution in [0.3, 0.4) is 0 Å². The fraction of sp³-hybridized carbons (Fsp3) is 0.125. The van der Waals surface area contributed by atoms with Crippen LogP contribution in [0.5, 0.6) is 11.5 Å². The quantitative estimate of drug-likeness (QED) is 0.758. The number of fused-ring (bicyclic) bond motifs is 1. The Bertz CT molecular complexity index is 855. The van der Waals surface area contributed by atoms with E-state index in [2.05, 4.69) is 10.2 Å². The Morgan fingerprint density at radius 1 is 1.13 bits per heavy atom. The van der Waals surface area contributed by atoms with E-state index >= 15 is 0 Å². The highest BCUT2D eigenvalue weighted by Crippen LogP contribution is 2.22. The molecule has 0 atom stereocenters. The average molecular weight is 314 g/mol. The fourth-order valence-electron chi connectivity index (χ4n) is 1.86. The number of anilines is 1. The van der Waals surface area contributed by atoms with E-state index in [1.165, 1.54) is 25.3 Å². The van der Waals surface area contributed by atoms with E-state index < -0.39 is 5.82 Å². The number of H-pyrrole nitrogens is 1. The number of nitrogens with one attached hydrogen (secondary N) is 1. The molecule has 0 saturated carbocycles. The lowest BCUT2D eigenvalue weighted by Crippen LogP contribution is -1.86. The summed E-state index contributed by atoms with van der Waals surface area (Å²) in [6.45, 7) is 0. The molecule has 0 amide bonds. The van der Waals surface area contributed by atoms with E-state index in [0.29, 0.717) is 11.6 Å². The van der Waals surface area contributed by atoms with Gasteiger partial charge < -0.3 is 15.2 Å². The van der Waals surface area contributed by atoms with E-state index in [0.717, 1.165) is 16.7 Å². The van der Waals surface area contributed by atoms with Crippen LogP contribution in [0, 0.1) is 17.1 Å². The van der Waals surface area contributed by atoms with Gasteiger partial charge in [-0.3, -0.25) is 5.10 Å². The van der Waals surface area contributed by atoms with E-state index in [9.17, 15) is 4.39 Å². The Morgan fingerprint density at radius 3 is 2.43 bits per heavy atom. The SMILES string of the molecule is COc1ccc(F)c(C#N)c1.COc1ccc2[nH]nc(N)c2c1. The number of nitrogen functional groups attached to an aromatic ring is 1. The van der Waals surface area contributed by atoms with E-state index in [4.69, 9.17) is 20.5 Å². The molecule has 0 fully saturated rings. The molecule has 0 aliphatic rings. The molecular weight excluding hydrogens is 299 g/mol. The zero-order valence-corrected chi connectivity index (χ0v) is 12.6. The van der Waals surface area contributed by atoms with Gasteiger partial charge in [0.15, 0.2) is 5.82 Å². The number of methoxy groups -OCH3 is 2. The molecule has 0 aliphatic carbocycles. The Balaban J connectivity index is 0.000000168. The van der Waals surface area contributed by atoms with E-state index in [1.54, 1.807) is 13.2 Å². The number of nitriles is 1. The van der Waals surface area contributed by atoms with Gasteiger partial charge in [-0.25, -0.2) is 4.39 Å². The van der Waals surface area contributed by atoms with Gasteiger partial charge in [-0.2, -0.15) is 10.4 Å². The number of nitrogens with two attached hydrogens (primary N) is 1. The molecule has 2 aromatic carbocycles. The minimum absolute atomic E-state index is 0.00403. The van der Waals surface area contributed by atoms with Gasteiger partial charge in [0.25, 0.3) is 0 Å². The zero-order chi connectivity index (χ0) is 16.8. The van der Waals surface area contributed by atoms with Crippen molar-refractivity contribution in [3.8, 4) is 17.6 Å². The van der Waals surface area contributed by atoms with Crippen LogP contribution >= 0.6 is 0 Å². The molecule has 0 radical (unpaired) electrons. The van der Waals surface area contributed by atoms with Crippen molar-refractivity contribution in [3.63, 3.8) is 0 Å². The first-order valence-corrected chi connectivity index (χ1v) is 6.60. The highest BCUT2D eigenvalue weighted by molar-refractivity contribution is 5.89. The number of halogens is 1. The van der Waals surface area contributed by atoms with Crippen LogP contribution in [0.2, 0.25) is 0 Å². The third kappa shape index (κ3) is 3.68. The maximum Gasteiger partial charge on any atom is 0.153 e. The van der Waals surface area contributed by atoms with Gasteiger partial charge in [0.1, 0.15) is 23.4 Å². The standard InChI is InChI=1S/C8H6FNO.C8H9N3O/c1-11-7-2-3-8(9)6(4-7)5-10;1-12-5-2-3-7-6(4-5)8(9)11-10-7/h2-4H,1H3;2-4H,1H3,(H3,9,10,11). The van der Waals surface area contributed by atoms with Gasteiger partial charge in [0.05, 0.1) is 25.3 Å². The molecule has 23 heavy (non-hydrogen) atoms. The van der Waals surface area contributed by atoms with E-state index in [1.807, 2.05) is 18.2 Å². The smallest absolute Gasteiger partial charge is 0.153 e. The Labute approximate surface area is 132 Å². The third-order valence-electron chi connectivity index (χ3n) is 3.09. The summed E-state index contributed by atoms with van der Waals surface area (Å²) in [7, 11) is 3.09. The van der Waals surface area contributed by atoms with Crippen molar-refractivity contribution in [2.75, 3.05) is 20.0 Å². The maximum absolute atomic E-state index is 12.6. The topological polar surface area (TPSA) is 97.0 Å². The summed E-state index contributed by atoms with van der Waals surface area (Å²) in [6, 6.07) is 11.3. The molecule has 0 spiro atoms. The lowest BCUT2D eigenvalue weighted by Gasteiger charge is -1.98. The maximum atomic E-state index is 12.6. The number of ether oxygens (including phenoxy) is 2. The number of benzene rings is 2. The molecule has 118 valence electrons. The number of aromatic amines is 1. The summed E-state index contributed by atoms with van der Waals surface area (Å²) in [5.41, 5.74) is 6.53. The Morgan fingerprint density at radius 2 is 1.78 bits per heavy atom. The van der Waals surface area contributed by atoms with Crippen LogP contribution in [-0.2, 0) is 0 Å². The summed E-state index contributed by atoms with van der Waals surface area (Å²) in [6.07, 6.45) is 0. The van der Waals surface area contributed by atoms with Gasteiger partial charge in [-0.1, -0.05) is 0 Å². The minimum Gasteiger partial charge on any atom is -0.497 e. The van der Waals surface area contributed by atoms with Gasteiger partial charge in [-0.05, 0) is 30.3 Å². The van der Waals surface area contributed by atoms with Gasteiger partial charge in [-0.15, -0.1) is 0 Å². The van der Waals surface area contributed by atoms with Crippen molar-refractivity contribution >= 4 is 16.7 Å². The number of rotatable bonds is 2. The van der Waals surface area contributed by atoms with Gasteiger partial charge in [0, 0.05) is 11.5 Å². The first-order valence-electron chi connectivity index (χ1n) is 6.60. The predicted molar refractivity (Wildman–Crippen MR) is 84.7 cm³/mol. The van der Waals surface area contributed by atoms with Gasteiger partial charge in [0.2, 0.25) is 0 Å². The van der Waals surface area contributed by atoms with Crippen molar-refractivity contribution in [1.29, 1.82) is 5.26 Å². The molecule has 1 aromatic heterocycles. The summed E-state index contributed by atoms with van der Waals surface area (Å²) in [4.78, 5) is 0. The number of hydrogen-bond acceptors (Lipinski definition) is 5. The lowest BCUT2D eigenvalue weighted by molar-refractivity contribution is 0.413. The second-order valence-electron chi connectivity index (χ2n) is 4.48. The van der Waals surface area contributed by atoms with Crippen LogP contribution in [0.1, 0.15) is 5.56 Å². The first-order chi connectivity index (χ1) is 11.1. The van der Waals surface area contributed by atoms with Crippen LogP contribution in [0.4, 0.5) is 10.2 Å². The van der Waals surface area contributed by atoms with Crippen LogP contribution in [-0.4, -0.2) is 24.4 Å². The summed E-state index contributed by atoms with van der Waals surface area (Å²) < 4.78 is 22.5. The van der Waals surface area contributed by atoms with Crippen molar-refractivity contribution in [2.24, 2.45) is 0 Å². The minimum atomic E-state index is -0.520. The normalized spacial score (nSPS) is 9.65. The molecule has 3 rings (SSSR count). The molecular formula is C16H15FN4O2. The Hall–Kier alpha value is -3.27. The molecule has 7 heteroatoms.